The second-order valence-electron chi connectivity index (χ2n) is 6.23. The van der Waals surface area contributed by atoms with Crippen LogP contribution in [0.5, 0.6) is 0 Å². The van der Waals surface area contributed by atoms with Crippen LogP contribution in [0.1, 0.15) is 87.5 Å². The molecule has 0 aliphatic carbocycles. The minimum Gasteiger partial charge on any atom is -0.122 e. The molecule has 0 unspecified atom stereocenters. The first-order chi connectivity index (χ1) is 10.8. The molecule has 0 aliphatic heterocycles. The van der Waals surface area contributed by atoms with Crippen LogP contribution in [0.15, 0.2) is 12.1 Å². The lowest BCUT2D eigenvalue weighted by atomic mass is 9.92. The fourth-order valence-electron chi connectivity index (χ4n) is 3.08. The van der Waals surface area contributed by atoms with Gasteiger partial charge in [-0.25, -0.2) is 0 Å². The topological polar surface area (TPSA) is 0 Å². The largest absolute Gasteiger partial charge is 0.122 e. The highest BCUT2D eigenvalue weighted by Gasteiger charge is 2.12. The molecule has 126 valence electrons. The maximum atomic E-state index is 6.25. The summed E-state index contributed by atoms with van der Waals surface area (Å²) in [4.78, 5) is 0. The molecule has 0 N–H and O–H groups in total. The first kappa shape index (κ1) is 19.8. The summed E-state index contributed by atoms with van der Waals surface area (Å²) in [5.74, 6) is 1.18. The molecular formula is C20H32Cl2. The summed E-state index contributed by atoms with van der Waals surface area (Å²) in [5, 5.41) is 0. The molecule has 0 saturated carbocycles. The van der Waals surface area contributed by atoms with E-state index in [0.717, 1.165) is 12.8 Å². The molecule has 0 aliphatic rings. The van der Waals surface area contributed by atoms with Gasteiger partial charge in [0.2, 0.25) is 0 Å². The normalized spacial score (nSPS) is 11.1. The predicted octanol–water partition coefficient (Wildman–Crippen LogP) is 7.41. The van der Waals surface area contributed by atoms with Gasteiger partial charge in [0.15, 0.2) is 0 Å². The molecular weight excluding hydrogens is 311 g/mol. The van der Waals surface area contributed by atoms with Crippen molar-refractivity contribution in [3.63, 3.8) is 0 Å². The van der Waals surface area contributed by atoms with Crippen LogP contribution >= 0.6 is 23.2 Å². The van der Waals surface area contributed by atoms with Crippen LogP contribution in [0, 0.1) is 0 Å². The monoisotopic (exact) mass is 342 g/mol. The van der Waals surface area contributed by atoms with Crippen molar-refractivity contribution in [2.24, 2.45) is 0 Å². The molecule has 1 aromatic rings. The molecule has 0 bridgehead atoms. The maximum absolute atomic E-state index is 6.25. The van der Waals surface area contributed by atoms with Crippen molar-refractivity contribution in [1.82, 2.24) is 0 Å². The van der Waals surface area contributed by atoms with Crippen LogP contribution in [-0.4, -0.2) is 0 Å². The Balaban J connectivity index is 2.75. The zero-order valence-electron chi connectivity index (χ0n) is 14.4. The van der Waals surface area contributed by atoms with Crippen LogP contribution in [-0.2, 0) is 24.6 Å². The van der Waals surface area contributed by atoms with Gasteiger partial charge in [-0.1, -0.05) is 64.5 Å². The van der Waals surface area contributed by atoms with Gasteiger partial charge in [-0.15, -0.1) is 23.2 Å². The summed E-state index contributed by atoms with van der Waals surface area (Å²) >= 11 is 12.5. The van der Waals surface area contributed by atoms with E-state index in [4.69, 9.17) is 23.2 Å². The Bertz CT molecular complexity index is 373. The summed E-state index contributed by atoms with van der Waals surface area (Å²) in [7, 11) is 0. The molecule has 0 radical (unpaired) electrons. The molecule has 0 spiro atoms. The smallest absolute Gasteiger partial charge is 0.0480 e. The Morgan fingerprint density at radius 1 is 0.636 bits per heavy atom. The summed E-state index contributed by atoms with van der Waals surface area (Å²) in [6, 6.07) is 4.60. The summed E-state index contributed by atoms with van der Waals surface area (Å²) in [6.45, 7) is 4.51. The Hall–Kier alpha value is -0.200. The van der Waals surface area contributed by atoms with Gasteiger partial charge in [-0.05, 0) is 47.9 Å². The third-order valence-corrected chi connectivity index (χ3v) is 5.03. The minimum atomic E-state index is 0.591. The Morgan fingerprint density at radius 3 is 1.36 bits per heavy atom. The lowest BCUT2D eigenvalue weighted by Crippen LogP contribution is -2.03. The lowest BCUT2D eigenvalue weighted by Gasteiger charge is -2.16. The lowest BCUT2D eigenvalue weighted by molar-refractivity contribution is 0.660. The molecule has 22 heavy (non-hydrogen) atoms. The third-order valence-electron chi connectivity index (χ3n) is 4.49. The third kappa shape index (κ3) is 6.50. The molecule has 0 atom stereocenters. The van der Waals surface area contributed by atoms with Crippen molar-refractivity contribution >= 4 is 23.2 Å². The summed E-state index contributed by atoms with van der Waals surface area (Å²) in [5.41, 5.74) is 5.44. The van der Waals surface area contributed by atoms with Crippen molar-refractivity contribution in [2.45, 2.75) is 89.8 Å². The van der Waals surface area contributed by atoms with Gasteiger partial charge in [0, 0.05) is 11.8 Å². The highest BCUT2D eigenvalue weighted by molar-refractivity contribution is 6.19. The minimum absolute atomic E-state index is 0.591. The van der Waals surface area contributed by atoms with Gasteiger partial charge < -0.3 is 0 Å². The number of rotatable bonds is 12. The van der Waals surface area contributed by atoms with Gasteiger partial charge in [0.1, 0.15) is 0 Å². The van der Waals surface area contributed by atoms with Gasteiger partial charge in [0.25, 0.3) is 0 Å². The van der Waals surface area contributed by atoms with Gasteiger partial charge in [-0.3, -0.25) is 0 Å². The van der Waals surface area contributed by atoms with E-state index in [1.807, 2.05) is 0 Å². The number of halogens is 2. The molecule has 0 nitrogen and oxygen atoms in total. The number of benzene rings is 1. The highest BCUT2D eigenvalue weighted by atomic mass is 35.5. The van der Waals surface area contributed by atoms with E-state index < -0.39 is 0 Å². The zero-order valence-corrected chi connectivity index (χ0v) is 15.9. The van der Waals surface area contributed by atoms with Crippen molar-refractivity contribution in [3.05, 3.63) is 34.4 Å². The van der Waals surface area contributed by atoms with E-state index in [1.54, 1.807) is 0 Å². The highest BCUT2D eigenvalue weighted by Crippen LogP contribution is 2.26. The predicted molar refractivity (Wildman–Crippen MR) is 101 cm³/mol. The molecule has 0 amide bonds. The van der Waals surface area contributed by atoms with Crippen molar-refractivity contribution in [2.75, 3.05) is 0 Å². The molecule has 0 aromatic heterocycles. The van der Waals surface area contributed by atoms with E-state index >= 15 is 0 Å². The fourth-order valence-corrected chi connectivity index (χ4v) is 3.74. The number of unbranched alkanes of at least 4 members (excludes halogenated alkanes) is 6. The van der Waals surface area contributed by atoms with Crippen LogP contribution < -0.4 is 0 Å². The van der Waals surface area contributed by atoms with E-state index in [0.29, 0.717) is 11.8 Å². The number of hydrogen-bond acceptors (Lipinski definition) is 0. The van der Waals surface area contributed by atoms with E-state index in [2.05, 4.69) is 26.0 Å². The Morgan fingerprint density at radius 2 is 1.05 bits per heavy atom. The number of alkyl halides is 2. The van der Waals surface area contributed by atoms with Crippen LogP contribution in [0.3, 0.4) is 0 Å². The second-order valence-corrected chi connectivity index (χ2v) is 6.76. The average Bonchev–Trinajstić information content (AvgIpc) is 2.55. The van der Waals surface area contributed by atoms with Crippen LogP contribution in [0.4, 0.5) is 0 Å². The summed E-state index contributed by atoms with van der Waals surface area (Å²) in [6.07, 6.45) is 12.6. The van der Waals surface area contributed by atoms with E-state index in [1.165, 1.54) is 73.6 Å². The first-order valence-electron chi connectivity index (χ1n) is 9.02. The van der Waals surface area contributed by atoms with E-state index in [9.17, 15) is 0 Å². The number of aryl methyl sites for hydroxylation is 2. The van der Waals surface area contributed by atoms with Crippen molar-refractivity contribution < 1.29 is 0 Å². The maximum Gasteiger partial charge on any atom is 0.0480 e. The number of hydrogen-bond donors (Lipinski definition) is 0. The SMILES string of the molecule is CCCCCCc1ccc(CCCCCC)c(CCl)c1CCl. The van der Waals surface area contributed by atoms with Crippen molar-refractivity contribution in [1.29, 1.82) is 0 Å². The molecule has 2 heteroatoms. The van der Waals surface area contributed by atoms with Gasteiger partial charge in [-0.2, -0.15) is 0 Å². The molecule has 1 rings (SSSR count). The quantitative estimate of drug-likeness (QED) is 0.274. The van der Waals surface area contributed by atoms with Gasteiger partial charge in [0.05, 0.1) is 0 Å². The molecule has 1 aromatic carbocycles. The second kappa shape index (κ2) is 12.3. The molecule has 0 saturated heterocycles. The van der Waals surface area contributed by atoms with Gasteiger partial charge >= 0.3 is 0 Å². The Labute approximate surface area is 147 Å². The van der Waals surface area contributed by atoms with E-state index in [-0.39, 0.29) is 0 Å². The van der Waals surface area contributed by atoms with Crippen molar-refractivity contribution in [3.8, 4) is 0 Å². The van der Waals surface area contributed by atoms with Crippen LogP contribution in [0.25, 0.3) is 0 Å². The standard InChI is InChI=1S/C20H32Cl2/c1-3-5-7-9-11-17-13-14-18(12-10-8-6-4-2)20(16-22)19(17)15-21/h13-14H,3-12,15-16H2,1-2H3. The summed E-state index contributed by atoms with van der Waals surface area (Å²) < 4.78 is 0. The van der Waals surface area contributed by atoms with Crippen LogP contribution in [0.2, 0.25) is 0 Å². The molecule has 0 heterocycles. The average molecular weight is 343 g/mol. The molecule has 0 fully saturated rings. The Kier molecular flexibility index (Phi) is 11.1. The fraction of sp³-hybridized carbons (Fsp3) is 0.700. The first-order valence-corrected chi connectivity index (χ1v) is 10.1. The zero-order chi connectivity index (χ0) is 16.2.